The van der Waals surface area contributed by atoms with Crippen LogP contribution in [-0.2, 0) is 9.53 Å². The Hall–Kier alpha value is -1.19. The number of hydrogen-bond acceptors (Lipinski definition) is 3. The van der Waals surface area contributed by atoms with Gasteiger partial charge in [0.2, 0.25) is 0 Å². The second kappa shape index (κ2) is 7.20. The topological polar surface area (TPSA) is 35.5 Å². The van der Waals surface area contributed by atoms with Gasteiger partial charge in [-0.25, -0.2) is 4.79 Å². The van der Waals surface area contributed by atoms with E-state index < -0.39 is 6.10 Å². The van der Waals surface area contributed by atoms with Gasteiger partial charge in [-0.15, -0.1) is 0 Å². The monoisotopic (exact) mass is 382 g/mol. The Kier molecular flexibility index (Phi) is 5.36. The lowest BCUT2D eigenvalue weighted by Crippen LogP contribution is -2.48. The molecule has 0 N–H and O–H groups in total. The summed E-state index contributed by atoms with van der Waals surface area (Å²) >= 11 is 11.9. The Morgan fingerprint density at radius 2 is 2.12 bits per heavy atom. The Labute approximate surface area is 159 Å². The highest BCUT2D eigenvalue weighted by molar-refractivity contribution is 6.35. The van der Waals surface area contributed by atoms with Crippen LogP contribution < -0.4 is 4.74 Å². The smallest absolute Gasteiger partial charge is 0.347 e. The maximum absolute atomic E-state index is 12.2. The molecule has 136 valence electrons. The Balaban J connectivity index is 1.47. The summed E-state index contributed by atoms with van der Waals surface area (Å²) in [7, 11) is 0. The first-order chi connectivity index (χ1) is 11.8. The number of esters is 1. The van der Waals surface area contributed by atoms with E-state index in [0.717, 1.165) is 18.8 Å². The van der Waals surface area contributed by atoms with Crippen molar-refractivity contribution in [2.45, 2.75) is 46.1 Å². The molecule has 0 heterocycles. The second-order valence-corrected chi connectivity index (χ2v) is 8.42. The van der Waals surface area contributed by atoms with Crippen LogP contribution in [0.4, 0.5) is 0 Å². The molecule has 5 heteroatoms. The van der Waals surface area contributed by atoms with E-state index in [-0.39, 0.29) is 5.97 Å². The number of hydrogen-bond donors (Lipinski definition) is 0. The average molecular weight is 383 g/mol. The molecule has 2 bridgehead atoms. The summed E-state index contributed by atoms with van der Waals surface area (Å²) in [5.41, 5.74) is 1.84. The van der Waals surface area contributed by atoms with Gasteiger partial charge in [0.05, 0.1) is 11.6 Å². The van der Waals surface area contributed by atoms with Gasteiger partial charge >= 0.3 is 5.97 Å². The highest BCUT2D eigenvalue weighted by atomic mass is 35.5. The molecule has 1 saturated carbocycles. The molecule has 4 rings (SSSR count). The van der Waals surface area contributed by atoms with E-state index in [0.29, 0.717) is 33.7 Å². The van der Waals surface area contributed by atoms with Crippen LogP contribution in [0.2, 0.25) is 10.0 Å². The third kappa shape index (κ3) is 3.83. The molecule has 3 aliphatic rings. The van der Waals surface area contributed by atoms with Crippen molar-refractivity contribution < 1.29 is 14.3 Å². The van der Waals surface area contributed by atoms with Crippen LogP contribution in [0.3, 0.4) is 0 Å². The van der Waals surface area contributed by atoms with Crippen LogP contribution in [0, 0.1) is 17.3 Å². The van der Waals surface area contributed by atoms with Crippen LogP contribution in [0.1, 0.15) is 40.0 Å². The number of fused-ring (bicyclic) bond motifs is 1. The molecule has 0 radical (unpaired) electrons. The van der Waals surface area contributed by atoms with Crippen molar-refractivity contribution in [3.05, 3.63) is 39.9 Å². The quantitative estimate of drug-likeness (QED) is 0.468. The lowest BCUT2D eigenvalue weighted by atomic mass is 9.48. The summed E-state index contributed by atoms with van der Waals surface area (Å²) in [4.78, 5) is 12.2. The molecule has 0 aromatic heterocycles. The molecule has 0 unspecified atom stereocenters. The predicted molar refractivity (Wildman–Crippen MR) is 100 cm³/mol. The molecule has 1 fully saturated rings. The van der Waals surface area contributed by atoms with E-state index in [1.54, 1.807) is 25.1 Å². The van der Waals surface area contributed by atoms with E-state index in [9.17, 15) is 4.79 Å². The number of benzene rings is 1. The minimum Gasteiger partial charge on any atom is -0.477 e. The van der Waals surface area contributed by atoms with Crippen molar-refractivity contribution in [1.29, 1.82) is 0 Å². The number of rotatable bonds is 6. The van der Waals surface area contributed by atoms with E-state index >= 15 is 0 Å². The van der Waals surface area contributed by atoms with Gasteiger partial charge in [-0.3, -0.25) is 0 Å². The molecule has 25 heavy (non-hydrogen) atoms. The highest BCUT2D eigenvalue weighted by Crippen LogP contribution is 2.59. The van der Waals surface area contributed by atoms with E-state index in [1.807, 2.05) is 0 Å². The average Bonchev–Trinajstić information content (AvgIpc) is 2.57. The molecule has 3 nitrogen and oxygen atoms in total. The third-order valence-electron chi connectivity index (χ3n) is 5.75. The van der Waals surface area contributed by atoms with Crippen LogP contribution in [-0.4, -0.2) is 18.7 Å². The Morgan fingerprint density at radius 3 is 2.76 bits per heavy atom. The van der Waals surface area contributed by atoms with Gasteiger partial charge in [0, 0.05) is 11.4 Å². The van der Waals surface area contributed by atoms with Crippen LogP contribution in [0.25, 0.3) is 0 Å². The summed E-state index contributed by atoms with van der Waals surface area (Å²) in [6, 6.07) is 4.90. The zero-order valence-corrected chi connectivity index (χ0v) is 16.4. The fraction of sp³-hybridized carbons (Fsp3) is 0.550. The fourth-order valence-corrected chi connectivity index (χ4v) is 4.41. The maximum atomic E-state index is 12.2. The van der Waals surface area contributed by atoms with E-state index in [1.165, 1.54) is 12.0 Å². The van der Waals surface area contributed by atoms with Gasteiger partial charge in [0.25, 0.3) is 0 Å². The zero-order valence-electron chi connectivity index (χ0n) is 14.9. The minimum atomic E-state index is -0.719. The van der Waals surface area contributed by atoms with Gasteiger partial charge in [-0.2, -0.15) is 0 Å². The van der Waals surface area contributed by atoms with Crippen LogP contribution in [0.15, 0.2) is 29.8 Å². The van der Waals surface area contributed by atoms with Crippen LogP contribution in [0.5, 0.6) is 5.75 Å². The van der Waals surface area contributed by atoms with Crippen molar-refractivity contribution in [3.8, 4) is 5.75 Å². The summed E-state index contributed by atoms with van der Waals surface area (Å²) in [6.45, 7) is 6.74. The van der Waals surface area contributed by atoms with Gasteiger partial charge in [0.15, 0.2) is 6.10 Å². The maximum Gasteiger partial charge on any atom is 0.347 e. The lowest BCUT2D eigenvalue weighted by Gasteiger charge is -2.56. The predicted octanol–water partition coefficient (Wildman–Crippen LogP) is 5.69. The largest absolute Gasteiger partial charge is 0.477 e. The lowest BCUT2D eigenvalue weighted by molar-refractivity contribution is -0.151. The number of ether oxygens (including phenoxy) is 2. The van der Waals surface area contributed by atoms with Crippen molar-refractivity contribution in [3.63, 3.8) is 0 Å². The highest BCUT2D eigenvalue weighted by Gasteiger charge is 2.50. The molecular weight excluding hydrogens is 359 g/mol. The summed E-state index contributed by atoms with van der Waals surface area (Å²) in [6.07, 6.45) is 4.86. The first-order valence-electron chi connectivity index (χ1n) is 8.76. The summed E-state index contributed by atoms with van der Waals surface area (Å²) < 4.78 is 11.0. The Bertz CT molecular complexity index is 696. The third-order valence-corrected chi connectivity index (χ3v) is 6.28. The molecule has 1 aromatic rings. The standard InChI is InChI=1S/C20H24Cl2O3/c1-12(25-18-7-6-15(21)11-17(18)22)19(23)24-9-8-13-4-5-14-10-16(13)20(14,2)3/h4,6-7,11-12,14,16H,5,8-10H2,1-3H3/t12-,14+,16+/m1/s1. The molecular formula is C20H24Cl2O3. The first-order valence-corrected chi connectivity index (χ1v) is 9.52. The number of carbonyl (C=O) groups excluding carboxylic acids is 1. The van der Waals surface area contributed by atoms with Crippen molar-refractivity contribution in [1.82, 2.24) is 0 Å². The Morgan fingerprint density at radius 1 is 1.36 bits per heavy atom. The fourth-order valence-electron chi connectivity index (χ4n) is 3.95. The molecule has 1 aromatic carbocycles. The number of allylic oxidation sites excluding steroid dienone is 1. The van der Waals surface area contributed by atoms with Gasteiger partial charge in [-0.05, 0) is 55.2 Å². The van der Waals surface area contributed by atoms with Crippen molar-refractivity contribution in [2.75, 3.05) is 6.61 Å². The van der Waals surface area contributed by atoms with Gasteiger partial charge in [0.1, 0.15) is 5.75 Å². The normalized spacial score (nSPS) is 24.8. The summed E-state index contributed by atoms with van der Waals surface area (Å²) in [5.74, 6) is 1.51. The molecule has 0 amide bonds. The minimum absolute atomic E-state index is 0.376. The number of halogens is 2. The van der Waals surface area contributed by atoms with E-state index in [4.69, 9.17) is 32.7 Å². The van der Waals surface area contributed by atoms with Gasteiger partial charge in [-0.1, -0.05) is 48.7 Å². The van der Waals surface area contributed by atoms with E-state index in [2.05, 4.69) is 19.9 Å². The zero-order chi connectivity index (χ0) is 18.2. The van der Waals surface area contributed by atoms with Crippen molar-refractivity contribution >= 4 is 29.2 Å². The number of carbonyl (C=O) groups is 1. The molecule has 3 aliphatic carbocycles. The van der Waals surface area contributed by atoms with Crippen LogP contribution >= 0.6 is 23.2 Å². The molecule has 3 atom stereocenters. The molecule has 0 aliphatic heterocycles. The molecule has 0 spiro atoms. The summed E-state index contributed by atoms with van der Waals surface area (Å²) in [5, 5.41) is 0.899. The molecule has 0 saturated heterocycles. The van der Waals surface area contributed by atoms with Crippen molar-refractivity contribution in [2.24, 2.45) is 17.3 Å². The SMILES string of the molecule is C[C@@H](Oc1ccc(Cl)cc1Cl)C(=O)OCCC1=CC[C@H]2C[C@@H]1C2(C)C. The van der Waals surface area contributed by atoms with Gasteiger partial charge < -0.3 is 9.47 Å². The second-order valence-electron chi connectivity index (χ2n) is 7.57. The first kappa shape index (κ1) is 18.6.